The molecule has 0 radical (unpaired) electrons. The molecule has 3 rings (SSSR count). The van der Waals surface area contributed by atoms with Crippen molar-refractivity contribution >= 4 is 12.2 Å². The zero-order chi connectivity index (χ0) is 22.3. The first-order chi connectivity index (χ1) is 14.8. The van der Waals surface area contributed by atoms with E-state index in [0.717, 1.165) is 31.4 Å². The van der Waals surface area contributed by atoms with Gasteiger partial charge in [0, 0.05) is 11.6 Å². The van der Waals surface area contributed by atoms with Gasteiger partial charge in [0.25, 0.3) is 0 Å². The molecule has 1 aromatic heterocycles. The van der Waals surface area contributed by atoms with Crippen LogP contribution in [0.15, 0.2) is 53.1 Å². The average Bonchev–Trinajstić information content (AvgIpc) is 3.19. The largest absolute Gasteiger partial charge is 0.487 e. The zero-order valence-corrected chi connectivity index (χ0v) is 16.7. The van der Waals surface area contributed by atoms with E-state index in [1.165, 1.54) is 24.0 Å². The summed E-state index contributed by atoms with van der Waals surface area (Å²) in [5.74, 6) is -0.102. The van der Waals surface area contributed by atoms with Gasteiger partial charge in [-0.2, -0.15) is 13.2 Å². The van der Waals surface area contributed by atoms with Crippen LogP contribution in [-0.4, -0.2) is 11.5 Å². The first-order valence-corrected chi connectivity index (χ1v) is 9.76. The number of ether oxygens (including phenoxy) is 1. The molecule has 1 heterocycles. The number of alkyl halides is 3. The molecule has 0 aliphatic heterocycles. The van der Waals surface area contributed by atoms with Crippen LogP contribution >= 0.6 is 0 Å². The molecule has 164 valence electrons. The molecule has 2 aromatic carbocycles. The second-order valence-electron chi connectivity index (χ2n) is 6.92. The van der Waals surface area contributed by atoms with Crippen LogP contribution in [0.4, 0.5) is 17.6 Å². The highest BCUT2D eigenvalue weighted by Crippen LogP contribution is 2.30. The number of unbranched alkanes of at least 4 members (excludes halogenated alkanes) is 1. The number of hydrogen-bond donors (Lipinski definition) is 1. The van der Waals surface area contributed by atoms with Crippen LogP contribution in [0.25, 0.3) is 12.2 Å². The molecule has 3 aromatic rings. The van der Waals surface area contributed by atoms with Crippen molar-refractivity contribution < 1.29 is 26.7 Å². The van der Waals surface area contributed by atoms with Crippen molar-refractivity contribution in [3.63, 3.8) is 0 Å². The number of rotatable bonds is 9. The van der Waals surface area contributed by atoms with Gasteiger partial charge in [-0.3, -0.25) is 0 Å². The van der Waals surface area contributed by atoms with Crippen LogP contribution in [0, 0.1) is 5.82 Å². The quantitative estimate of drug-likeness (QED) is 0.338. The summed E-state index contributed by atoms with van der Waals surface area (Å²) >= 11 is 0. The highest BCUT2D eigenvalue weighted by atomic mass is 19.4. The monoisotopic (exact) mass is 434 g/mol. The SMILES string of the molecule is NCCCCc1ccc(OCc2coc(C=Cc3ccc(C(F)(F)F)cc3F)n2)cc1. The standard InChI is InChI=1S/C23H22F4N2O2/c24-21-13-18(23(25,26)27)8-6-17(21)7-11-22-29-19(15-31-22)14-30-20-9-4-16(5-10-20)3-1-2-12-28/h4-11,13,15H,1-3,12,14,28H2. The van der Waals surface area contributed by atoms with Crippen LogP contribution < -0.4 is 10.5 Å². The van der Waals surface area contributed by atoms with E-state index in [0.29, 0.717) is 24.1 Å². The van der Waals surface area contributed by atoms with Crippen LogP contribution in [0.1, 0.15) is 41.1 Å². The van der Waals surface area contributed by atoms with Crippen LogP contribution in [0.2, 0.25) is 0 Å². The third kappa shape index (κ3) is 6.68. The maximum Gasteiger partial charge on any atom is 0.416 e. The van der Waals surface area contributed by atoms with Gasteiger partial charge in [0.1, 0.15) is 30.1 Å². The first kappa shape index (κ1) is 22.6. The van der Waals surface area contributed by atoms with E-state index >= 15 is 0 Å². The summed E-state index contributed by atoms with van der Waals surface area (Å²) in [5.41, 5.74) is 6.19. The number of aryl methyl sites for hydroxylation is 1. The maximum absolute atomic E-state index is 13.9. The Morgan fingerprint density at radius 1 is 1.03 bits per heavy atom. The summed E-state index contributed by atoms with van der Waals surface area (Å²) in [6.07, 6.45) is 2.50. The Labute approximate surface area is 177 Å². The minimum atomic E-state index is -4.59. The van der Waals surface area contributed by atoms with Crippen molar-refractivity contribution in [2.75, 3.05) is 6.54 Å². The molecule has 2 N–H and O–H groups in total. The second kappa shape index (κ2) is 10.3. The highest BCUT2D eigenvalue weighted by molar-refractivity contribution is 5.66. The Hall–Kier alpha value is -3.13. The fourth-order valence-corrected chi connectivity index (χ4v) is 2.85. The predicted octanol–water partition coefficient (Wildman–Crippen LogP) is 5.86. The van der Waals surface area contributed by atoms with Crippen molar-refractivity contribution in [3.05, 3.63) is 82.8 Å². The number of hydrogen-bond acceptors (Lipinski definition) is 4. The van der Waals surface area contributed by atoms with Gasteiger partial charge in [0.05, 0.1) is 5.56 Å². The fraction of sp³-hybridized carbons (Fsp3) is 0.261. The molecule has 0 unspecified atom stereocenters. The summed E-state index contributed by atoms with van der Waals surface area (Å²) in [6.45, 7) is 0.869. The van der Waals surface area contributed by atoms with Crippen molar-refractivity contribution in [2.45, 2.75) is 32.0 Å². The molecular weight excluding hydrogens is 412 g/mol. The third-order valence-electron chi connectivity index (χ3n) is 4.53. The predicted molar refractivity (Wildman–Crippen MR) is 110 cm³/mol. The lowest BCUT2D eigenvalue weighted by molar-refractivity contribution is -0.137. The molecule has 0 aliphatic carbocycles. The van der Waals surface area contributed by atoms with Crippen molar-refractivity contribution in [3.8, 4) is 5.75 Å². The Kier molecular flexibility index (Phi) is 7.46. The van der Waals surface area contributed by atoms with Gasteiger partial charge in [0.2, 0.25) is 5.89 Å². The summed E-state index contributed by atoms with van der Waals surface area (Å²) in [5, 5.41) is 0. The molecule has 31 heavy (non-hydrogen) atoms. The lowest BCUT2D eigenvalue weighted by Crippen LogP contribution is -2.05. The number of nitrogens with zero attached hydrogens (tertiary/aromatic N) is 1. The molecule has 8 heteroatoms. The Morgan fingerprint density at radius 2 is 1.81 bits per heavy atom. The molecule has 4 nitrogen and oxygen atoms in total. The molecule has 0 saturated heterocycles. The number of aromatic nitrogens is 1. The van der Waals surface area contributed by atoms with E-state index in [1.54, 1.807) is 0 Å². The molecule has 0 aliphatic rings. The van der Waals surface area contributed by atoms with Gasteiger partial charge in [-0.05, 0) is 61.7 Å². The number of halogens is 4. The first-order valence-electron chi connectivity index (χ1n) is 9.76. The van der Waals surface area contributed by atoms with Gasteiger partial charge in [-0.1, -0.05) is 18.2 Å². The smallest absolute Gasteiger partial charge is 0.416 e. The van der Waals surface area contributed by atoms with E-state index in [9.17, 15) is 17.6 Å². The van der Waals surface area contributed by atoms with E-state index in [4.69, 9.17) is 14.9 Å². The molecular formula is C23H22F4N2O2. The molecule has 0 spiro atoms. The molecule has 0 atom stereocenters. The number of benzene rings is 2. The fourth-order valence-electron chi connectivity index (χ4n) is 2.85. The van der Waals surface area contributed by atoms with E-state index < -0.39 is 17.6 Å². The van der Waals surface area contributed by atoms with Crippen molar-refractivity contribution in [1.82, 2.24) is 4.98 Å². The van der Waals surface area contributed by atoms with Gasteiger partial charge in [-0.25, -0.2) is 9.37 Å². The zero-order valence-electron chi connectivity index (χ0n) is 16.7. The minimum absolute atomic E-state index is 0.00412. The van der Waals surface area contributed by atoms with Crippen LogP contribution in [-0.2, 0) is 19.2 Å². The minimum Gasteiger partial charge on any atom is -0.487 e. The number of nitrogens with two attached hydrogens (primary N) is 1. The van der Waals surface area contributed by atoms with Gasteiger partial charge in [-0.15, -0.1) is 0 Å². The maximum atomic E-state index is 13.9. The van der Waals surface area contributed by atoms with Crippen molar-refractivity contribution in [1.29, 1.82) is 0 Å². The van der Waals surface area contributed by atoms with E-state index in [-0.39, 0.29) is 18.1 Å². The van der Waals surface area contributed by atoms with Crippen LogP contribution in [0.3, 0.4) is 0 Å². The van der Waals surface area contributed by atoms with Crippen LogP contribution in [0.5, 0.6) is 5.75 Å². The Morgan fingerprint density at radius 3 is 2.48 bits per heavy atom. The summed E-state index contributed by atoms with van der Waals surface area (Å²) < 4.78 is 62.7. The average molecular weight is 434 g/mol. The Balaban J connectivity index is 1.54. The normalized spacial score (nSPS) is 11.9. The molecule has 0 saturated carbocycles. The summed E-state index contributed by atoms with van der Waals surface area (Å²) in [7, 11) is 0. The van der Waals surface area contributed by atoms with E-state index in [2.05, 4.69) is 4.98 Å². The van der Waals surface area contributed by atoms with Gasteiger partial charge >= 0.3 is 6.18 Å². The molecule has 0 amide bonds. The van der Waals surface area contributed by atoms with Gasteiger partial charge in [0.15, 0.2) is 0 Å². The molecule has 0 bridgehead atoms. The lowest BCUT2D eigenvalue weighted by Gasteiger charge is -2.07. The summed E-state index contributed by atoms with van der Waals surface area (Å²) in [6, 6.07) is 10.1. The second-order valence-corrected chi connectivity index (χ2v) is 6.92. The van der Waals surface area contributed by atoms with E-state index in [1.807, 2.05) is 24.3 Å². The Bertz CT molecular complexity index is 1010. The lowest BCUT2D eigenvalue weighted by atomic mass is 10.1. The third-order valence-corrected chi connectivity index (χ3v) is 4.53. The topological polar surface area (TPSA) is 61.3 Å². The molecule has 0 fully saturated rings. The highest BCUT2D eigenvalue weighted by Gasteiger charge is 2.30. The summed E-state index contributed by atoms with van der Waals surface area (Å²) in [4.78, 5) is 4.20. The number of oxazole rings is 1. The van der Waals surface area contributed by atoms with Gasteiger partial charge < -0.3 is 14.9 Å². The van der Waals surface area contributed by atoms with Crippen molar-refractivity contribution in [2.24, 2.45) is 5.73 Å².